The normalized spacial score (nSPS) is 10.2. The Kier molecular flexibility index (Phi) is 6.98. The van der Waals surface area contributed by atoms with E-state index in [0.717, 1.165) is 6.07 Å². The molecule has 0 aromatic heterocycles. The van der Waals surface area contributed by atoms with E-state index < -0.39 is 23.3 Å². The molecule has 0 saturated carbocycles. The van der Waals surface area contributed by atoms with Gasteiger partial charge in [0.15, 0.2) is 5.75 Å². The summed E-state index contributed by atoms with van der Waals surface area (Å²) in [6, 6.07) is 8.57. The Hall–Kier alpha value is -2.84. The minimum Gasteiger partial charge on any atom is -0.490 e. The number of amides is 1. The van der Waals surface area contributed by atoms with Crippen molar-refractivity contribution < 1.29 is 24.0 Å². The Bertz CT molecular complexity index is 867. The van der Waals surface area contributed by atoms with E-state index in [2.05, 4.69) is 5.32 Å². The summed E-state index contributed by atoms with van der Waals surface area (Å²) < 4.78 is 9.89. The average molecular weight is 413 g/mol. The number of carbonyl (C=O) groups is 2. The van der Waals surface area contributed by atoms with Gasteiger partial charge >= 0.3 is 11.7 Å². The number of esters is 1. The first-order valence-corrected chi connectivity index (χ1v) is 8.28. The third-order valence-corrected chi connectivity index (χ3v) is 4.18. The van der Waals surface area contributed by atoms with Gasteiger partial charge in [0.1, 0.15) is 13.2 Å². The van der Waals surface area contributed by atoms with Crippen LogP contribution in [0.2, 0.25) is 10.0 Å². The predicted molar refractivity (Wildman–Crippen MR) is 98.2 cm³/mol. The van der Waals surface area contributed by atoms with Crippen LogP contribution in [-0.2, 0) is 16.1 Å². The Morgan fingerprint density at radius 1 is 1.19 bits per heavy atom. The predicted octanol–water partition coefficient (Wildman–Crippen LogP) is 3.38. The minimum absolute atomic E-state index is 0.00412. The molecule has 10 heteroatoms. The van der Waals surface area contributed by atoms with E-state index in [-0.39, 0.29) is 23.6 Å². The zero-order chi connectivity index (χ0) is 20.0. The summed E-state index contributed by atoms with van der Waals surface area (Å²) in [7, 11) is 1.28. The summed E-state index contributed by atoms with van der Waals surface area (Å²) in [6.07, 6.45) is 0. The van der Waals surface area contributed by atoms with Gasteiger partial charge in [0.25, 0.3) is 5.91 Å². The third-order valence-electron chi connectivity index (χ3n) is 3.47. The number of benzene rings is 2. The highest BCUT2D eigenvalue weighted by Crippen LogP contribution is 2.27. The van der Waals surface area contributed by atoms with Crippen molar-refractivity contribution in [2.24, 2.45) is 0 Å². The van der Waals surface area contributed by atoms with E-state index in [1.54, 1.807) is 18.2 Å². The number of methoxy groups -OCH3 is 1. The van der Waals surface area contributed by atoms with Gasteiger partial charge in [-0.15, -0.1) is 0 Å². The molecule has 2 aromatic carbocycles. The number of nitro benzene ring substituents is 1. The lowest BCUT2D eigenvalue weighted by Gasteiger charge is -2.09. The van der Waals surface area contributed by atoms with Crippen LogP contribution in [0.25, 0.3) is 0 Å². The first kappa shape index (κ1) is 20.5. The number of hydrogen-bond acceptors (Lipinski definition) is 6. The highest BCUT2D eigenvalue weighted by molar-refractivity contribution is 6.35. The third kappa shape index (κ3) is 5.32. The molecule has 0 spiro atoms. The zero-order valence-corrected chi connectivity index (χ0v) is 15.5. The Morgan fingerprint density at radius 3 is 2.44 bits per heavy atom. The van der Waals surface area contributed by atoms with Crippen LogP contribution in [0.15, 0.2) is 36.4 Å². The van der Waals surface area contributed by atoms with Gasteiger partial charge < -0.3 is 14.8 Å². The van der Waals surface area contributed by atoms with Crippen LogP contribution >= 0.6 is 23.2 Å². The van der Waals surface area contributed by atoms with Crippen molar-refractivity contribution in [1.82, 2.24) is 5.32 Å². The van der Waals surface area contributed by atoms with E-state index in [1.807, 2.05) is 0 Å². The maximum absolute atomic E-state index is 12.1. The number of nitrogens with one attached hydrogen (secondary N) is 1. The van der Waals surface area contributed by atoms with E-state index in [9.17, 15) is 19.7 Å². The van der Waals surface area contributed by atoms with Crippen LogP contribution in [0.5, 0.6) is 5.75 Å². The summed E-state index contributed by atoms with van der Waals surface area (Å²) in [5.74, 6) is -1.37. The number of carbonyl (C=O) groups excluding carboxylic acids is 2. The van der Waals surface area contributed by atoms with Crippen LogP contribution < -0.4 is 10.1 Å². The number of nitrogens with zero attached hydrogens (tertiary/aromatic N) is 1. The molecule has 2 rings (SSSR count). The molecule has 0 aliphatic heterocycles. The molecule has 1 N–H and O–H groups in total. The summed E-state index contributed by atoms with van der Waals surface area (Å²) in [4.78, 5) is 34.2. The highest BCUT2D eigenvalue weighted by atomic mass is 35.5. The summed E-state index contributed by atoms with van der Waals surface area (Å²) in [5.41, 5.74) is 0.0943. The lowest BCUT2D eigenvalue weighted by atomic mass is 10.1. The van der Waals surface area contributed by atoms with Crippen molar-refractivity contribution in [3.63, 3.8) is 0 Å². The topological polar surface area (TPSA) is 108 Å². The molecule has 0 heterocycles. The Labute approximate surface area is 164 Å². The smallest absolute Gasteiger partial charge is 0.325 e. The van der Waals surface area contributed by atoms with Crippen molar-refractivity contribution in [3.8, 4) is 5.75 Å². The van der Waals surface area contributed by atoms with E-state index in [1.165, 1.54) is 19.2 Å². The van der Waals surface area contributed by atoms with E-state index in [0.29, 0.717) is 15.6 Å². The number of ether oxygens (including phenoxy) is 2. The second-order valence-electron chi connectivity index (χ2n) is 5.19. The molecular formula is C17H14Cl2N2O6. The lowest BCUT2D eigenvalue weighted by Crippen LogP contribution is -2.30. The quantitative estimate of drug-likeness (QED) is 0.424. The standard InChI is InChI=1S/C17H14Cl2N2O6/c1-26-15-6-5-10(7-14(15)21(24)25)17(23)20-8-16(22)27-9-11-12(18)3-2-4-13(11)19/h2-7H,8-9H2,1H3,(H,20,23). The molecule has 0 atom stereocenters. The summed E-state index contributed by atoms with van der Waals surface area (Å²) in [5, 5.41) is 14.0. The van der Waals surface area contributed by atoms with Crippen LogP contribution in [0.1, 0.15) is 15.9 Å². The molecule has 0 bridgehead atoms. The number of halogens is 2. The molecule has 2 aromatic rings. The van der Waals surface area contributed by atoms with Gasteiger partial charge in [-0.1, -0.05) is 29.3 Å². The number of rotatable bonds is 7. The van der Waals surface area contributed by atoms with Gasteiger partial charge in [0.2, 0.25) is 0 Å². The highest BCUT2D eigenvalue weighted by Gasteiger charge is 2.19. The molecule has 0 saturated heterocycles. The first-order valence-electron chi connectivity index (χ1n) is 7.52. The molecule has 0 aliphatic carbocycles. The van der Waals surface area contributed by atoms with Crippen molar-refractivity contribution in [3.05, 3.63) is 67.7 Å². The van der Waals surface area contributed by atoms with Crippen molar-refractivity contribution in [1.29, 1.82) is 0 Å². The largest absolute Gasteiger partial charge is 0.490 e. The SMILES string of the molecule is COc1ccc(C(=O)NCC(=O)OCc2c(Cl)cccc2Cl)cc1[N+](=O)[O-]. The fraction of sp³-hybridized carbons (Fsp3) is 0.176. The van der Waals surface area contributed by atoms with Gasteiger partial charge in [-0.25, -0.2) is 0 Å². The zero-order valence-electron chi connectivity index (χ0n) is 14.0. The van der Waals surface area contributed by atoms with Crippen LogP contribution in [-0.4, -0.2) is 30.5 Å². The van der Waals surface area contributed by atoms with Gasteiger partial charge in [-0.05, 0) is 24.3 Å². The molecule has 8 nitrogen and oxygen atoms in total. The molecular weight excluding hydrogens is 399 g/mol. The molecule has 0 unspecified atom stereocenters. The Balaban J connectivity index is 1.94. The average Bonchev–Trinajstić information content (AvgIpc) is 2.65. The van der Waals surface area contributed by atoms with Crippen molar-refractivity contribution in [2.45, 2.75) is 6.61 Å². The second-order valence-corrected chi connectivity index (χ2v) is 6.00. The van der Waals surface area contributed by atoms with E-state index >= 15 is 0 Å². The maximum atomic E-state index is 12.1. The monoisotopic (exact) mass is 412 g/mol. The summed E-state index contributed by atoms with van der Waals surface area (Å²) >= 11 is 11.9. The summed E-state index contributed by atoms with van der Waals surface area (Å²) in [6.45, 7) is -0.581. The fourth-order valence-corrected chi connectivity index (χ4v) is 2.61. The molecule has 0 fully saturated rings. The molecule has 0 radical (unpaired) electrons. The first-order chi connectivity index (χ1) is 12.8. The lowest BCUT2D eigenvalue weighted by molar-refractivity contribution is -0.385. The van der Waals surface area contributed by atoms with E-state index in [4.69, 9.17) is 32.7 Å². The van der Waals surface area contributed by atoms with Crippen LogP contribution in [0, 0.1) is 10.1 Å². The van der Waals surface area contributed by atoms with Crippen molar-refractivity contribution in [2.75, 3.05) is 13.7 Å². The van der Waals surface area contributed by atoms with Gasteiger partial charge in [-0.2, -0.15) is 0 Å². The maximum Gasteiger partial charge on any atom is 0.325 e. The number of nitro groups is 1. The van der Waals surface area contributed by atoms with Crippen molar-refractivity contribution >= 4 is 40.8 Å². The fourth-order valence-electron chi connectivity index (χ4n) is 2.10. The van der Waals surface area contributed by atoms with Gasteiger partial charge in [0, 0.05) is 27.2 Å². The minimum atomic E-state index is -0.720. The van der Waals surface area contributed by atoms with Crippen LogP contribution in [0.4, 0.5) is 5.69 Å². The molecule has 1 amide bonds. The molecule has 27 heavy (non-hydrogen) atoms. The van der Waals surface area contributed by atoms with Gasteiger partial charge in [0.05, 0.1) is 12.0 Å². The Morgan fingerprint density at radius 2 is 1.85 bits per heavy atom. The molecule has 0 aliphatic rings. The van der Waals surface area contributed by atoms with Crippen LogP contribution in [0.3, 0.4) is 0 Å². The number of hydrogen-bond donors (Lipinski definition) is 1. The van der Waals surface area contributed by atoms with Gasteiger partial charge in [-0.3, -0.25) is 19.7 Å². The second kappa shape index (κ2) is 9.20. The molecule has 142 valence electrons.